The standard InChI is InChI=1S/C22H36N6O2/c1-3-20-21(26-12-14-27(15-13-26)22(29)19-4-5-19)6-7-24-28(20)18(2)30-17-16-25-10-8-23-9-11-25/h3,6-7,18-19,23H,4-5,8-17H2,1-2H3/b20-3-. The average Bonchev–Trinajstić information content (AvgIpc) is 3.64. The Labute approximate surface area is 180 Å². The predicted octanol–water partition coefficient (Wildman–Crippen LogP) is 0.898. The summed E-state index contributed by atoms with van der Waals surface area (Å²) >= 11 is 0. The molecule has 1 saturated carbocycles. The highest BCUT2D eigenvalue weighted by molar-refractivity contribution is 5.81. The molecular formula is C22H36N6O2. The number of allylic oxidation sites excluding steroid dienone is 2. The van der Waals surface area contributed by atoms with E-state index in [-0.39, 0.29) is 6.23 Å². The number of carbonyl (C=O) groups excluding carboxylic acids is 1. The minimum absolute atomic E-state index is 0.128. The van der Waals surface area contributed by atoms with Crippen LogP contribution in [0.4, 0.5) is 0 Å². The summed E-state index contributed by atoms with van der Waals surface area (Å²) in [6.45, 7) is 13.4. The lowest BCUT2D eigenvalue weighted by atomic mass is 10.1. The molecule has 0 aromatic heterocycles. The Morgan fingerprint density at radius 2 is 1.97 bits per heavy atom. The molecule has 0 aromatic rings. The smallest absolute Gasteiger partial charge is 0.225 e. The van der Waals surface area contributed by atoms with Gasteiger partial charge in [0.05, 0.1) is 18.0 Å². The van der Waals surface area contributed by atoms with Crippen molar-refractivity contribution in [3.05, 3.63) is 23.5 Å². The number of nitrogens with zero attached hydrogens (tertiary/aromatic N) is 5. The van der Waals surface area contributed by atoms with Gasteiger partial charge in [-0.2, -0.15) is 5.10 Å². The van der Waals surface area contributed by atoms with Crippen LogP contribution in [0.25, 0.3) is 0 Å². The molecule has 1 N–H and O–H groups in total. The monoisotopic (exact) mass is 416 g/mol. The Balaban J connectivity index is 1.29. The molecule has 30 heavy (non-hydrogen) atoms. The summed E-state index contributed by atoms with van der Waals surface area (Å²) in [5.41, 5.74) is 2.25. The Bertz CT molecular complexity index is 688. The van der Waals surface area contributed by atoms with E-state index < -0.39 is 0 Å². The Morgan fingerprint density at radius 1 is 1.23 bits per heavy atom. The maximum absolute atomic E-state index is 12.3. The molecule has 0 aromatic carbocycles. The van der Waals surface area contributed by atoms with Crippen molar-refractivity contribution in [3.63, 3.8) is 0 Å². The maximum Gasteiger partial charge on any atom is 0.225 e. The van der Waals surface area contributed by atoms with Crippen molar-refractivity contribution >= 4 is 12.1 Å². The largest absolute Gasteiger partial charge is 0.366 e. The summed E-state index contributed by atoms with van der Waals surface area (Å²) in [6.07, 6.45) is 8.07. The van der Waals surface area contributed by atoms with Crippen LogP contribution in [-0.2, 0) is 9.53 Å². The van der Waals surface area contributed by atoms with Crippen molar-refractivity contribution < 1.29 is 9.53 Å². The number of hydrogen-bond donors (Lipinski definition) is 1. The second kappa shape index (κ2) is 9.94. The van der Waals surface area contributed by atoms with Crippen LogP contribution in [0.3, 0.4) is 0 Å². The number of rotatable bonds is 7. The first kappa shape index (κ1) is 21.3. The molecule has 0 radical (unpaired) electrons. The maximum atomic E-state index is 12.3. The van der Waals surface area contributed by atoms with Gasteiger partial charge < -0.3 is 19.9 Å². The summed E-state index contributed by atoms with van der Waals surface area (Å²) in [5.74, 6) is 0.659. The van der Waals surface area contributed by atoms with Gasteiger partial charge in [0.1, 0.15) is 6.23 Å². The van der Waals surface area contributed by atoms with E-state index in [0.29, 0.717) is 18.4 Å². The Morgan fingerprint density at radius 3 is 2.63 bits per heavy atom. The van der Waals surface area contributed by atoms with Crippen LogP contribution in [0.5, 0.6) is 0 Å². The fourth-order valence-electron chi connectivity index (χ4n) is 4.39. The molecule has 3 aliphatic heterocycles. The van der Waals surface area contributed by atoms with Crippen LogP contribution < -0.4 is 5.32 Å². The molecule has 166 valence electrons. The fourth-order valence-corrected chi connectivity index (χ4v) is 4.39. The van der Waals surface area contributed by atoms with Crippen molar-refractivity contribution in [2.75, 3.05) is 65.5 Å². The molecule has 4 rings (SSSR count). The van der Waals surface area contributed by atoms with Gasteiger partial charge in [0, 0.05) is 71.0 Å². The van der Waals surface area contributed by atoms with Crippen molar-refractivity contribution in [2.24, 2.45) is 11.0 Å². The van der Waals surface area contributed by atoms with E-state index in [4.69, 9.17) is 4.74 Å². The van der Waals surface area contributed by atoms with Gasteiger partial charge in [-0.3, -0.25) is 9.69 Å². The van der Waals surface area contributed by atoms with Crippen LogP contribution in [0.15, 0.2) is 28.6 Å². The third-order valence-corrected chi connectivity index (χ3v) is 6.39. The van der Waals surface area contributed by atoms with Crippen LogP contribution in [0.1, 0.15) is 26.7 Å². The van der Waals surface area contributed by atoms with E-state index in [1.165, 1.54) is 5.70 Å². The van der Waals surface area contributed by atoms with Gasteiger partial charge in [0.15, 0.2) is 0 Å². The van der Waals surface area contributed by atoms with Gasteiger partial charge in [-0.1, -0.05) is 6.08 Å². The molecule has 3 fully saturated rings. The molecule has 3 heterocycles. The quantitative estimate of drug-likeness (QED) is 0.665. The van der Waals surface area contributed by atoms with E-state index in [0.717, 1.165) is 77.4 Å². The molecular weight excluding hydrogens is 380 g/mol. The number of carbonyl (C=O) groups is 1. The predicted molar refractivity (Wildman–Crippen MR) is 118 cm³/mol. The first-order valence-corrected chi connectivity index (χ1v) is 11.5. The van der Waals surface area contributed by atoms with Gasteiger partial charge in [-0.25, -0.2) is 5.01 Å². The van der Waals surface area contributed by atoms with E-state index in [9.17, 15) is 4.79 Å². The fraction of sp³-hybridized carbons (Fsp3) is 0.727. The lowest BCUT2D eigenvalue weighted by Gasteiger charge is -2.41. The third kappa shape index (κ3) is 5.04. The van der Waals surface area contributed by atoms with E-state index in [1.54, 1.807) is 0 Å². The summed E-state index contributed by atoms with van der Waals surface area (Å²) in [7, 11) is 0. The number of piperazine rings is 2. The van der Waals surface area contributed by atoms with Crippen LogP contribution >= 0.6 is 0 Å². The average molecular weight is 417 g/mol. The molecule has 1 aliphatic carbocycles. The number of hydrazone groups is 1. The Kier molecular flexibility index (Phi) is 7.07. The molecule has 0 bridgehead atoms. The zero-order valence-electron chi connectivity index (χ0n) is 18.4. The first-order chi connectivity index (χ1) is 14.7. The van der Waals surface area contributed by atoms with Crippen molar-refractivity contribution in [3.8, 4) is 0 Å². The molecule has 1 atom stereocenters. The summed E-state index contributed by atoms with van der Waals surface area (Å²) in [6, 6.07) is 0. The summed E-state index contributed by atoms with van der Waals surface area (Å²) < 4.78 is 6.14. The van der Waals surface area contributed by atoms with Crippen molar-refractivity contribution in [2.45, 2.75) is 32.9 Å². The number of ether oxygens (including phenoxy) is 1. The second-order valence-electron chi connectivity index (χ2n) is 8.48. The minimum Gasteiger partial charge on any atom is -0.366 e. The van der Waals surface area contributed by atoms with Gasteiger partial charge in [-0.15, -0.1) is 0 Å². The summed E-state index contributed by atoms with van der Waals surface area (Å²) in [5, 5.41) is 9.95. The lowest BCUT2D eigenvalue weighted by Crippen LogP contribution is -2.50. The highest BCUT2D eigenvalue weighted by Crippen LogP contribution is 2.32. The Hall–Kier alpha value is -1.90. The zero-order valence-corrected chi connectivity index (χ0v) is 18.4. The molecule has 8 nitrogen and oxygen atoms in total. The second-order valence-corrected chi connectivity index (χ2v) is 8.48. The molecule has 8 heteroatoms. The number of nitrogens with one attached hydrogen (secondary N) is 1. The zero-order chi connectivity index (χ0) is 20.9. The van der Waals surface area contributed by atoms with Crippen LogP contribution in [-0.4, -0.2) is 104 Å². The molecule has 0 spiro atoms. The van der Waals surface area contributed by atoms with Gasteiger partial charge in [-0.05, 0) is 32.8 Å². The lowest BCUT2D eigenvalue weighted by molar-refractivity contribution is -0.134. The number of hydrogen-bond acceptors (Lipinski definition) is 7. The van der Waals surface area contributed by atoms with Gasteiger partial charge >= 0.3 is 0 Å². The molecule has 4 aliphatic rings. The highest BCUT2D eigenvalue weighted by atomic mass is 16.5. The van der Waals surface area contributed by atoms with Crippen molar-refractivity contribution in [1.29, 1.82) is 0 Å². The molecule has 1 unspecified atom stereocenters. The minimum atomic E-state index is -0.128. The third-order valence-electron chi connectivity index (χ3n) is 6.39. The van der Waals surface area contributed by atoms with E-state index in [2.05, 4.69) is 46.2 Å². The highest BCUT2D eigenvalue weighted by Gasteiger charge is 2.35. The van der Waals surface area contributed by atoms with Crippen molar-refractivity contribution in [1.82, 2.24) is 25.0 Å². The van der Waals surface area contributed by atoms with Crippen LogP contribution in [0, 0.1) is 5.92 Å². The number of amides is 1. The first-order valence-electron chi connectivity index (χ1n) is 11.5. The molecule has 1 amide bonds. The SMILES string of the molecule is C/C=C1/C(N2CCN(C(=O)C3CC3)CC2)=CC=NN1C(C)OCCN1CCNCC1. The van der Waals surface area contributed by atoms with E-state index >= 15 is 0 Å². The molecule has 2 saturated heterocycles. The topological polar surface area (TPSA) is 63.6 Å². The van der Waals surface area contributed by atoms with E-state index in [1.807, 2.05) is 16.1 Å². The van der Waals surface area contributed by atoms with Gasteiger partial charge in [0.2, 0.25) is 5.91 Å². The van der Waals surface area contributed by atoms with Gasteiger partial charge in [0.25, 0.3) is 0 Å². The van der Waals surface area contributed by atoms with Crippen LogP contribution in [0.2, 0.25) is 0 Å². The summed E-state index contributed by atoms with van der Waals surface area (Å²) in [4.78, 5) is 19.2. The normalized spacial score (nSPS) is 25.6.